The average molecular weight is 427 g/mol. The number of hydrogen-bond acceptors (Lipinski definition) is 8. The summed E-state index contributed by atoms with van der Waals surface area (Å²) < 4.78 is 14.6. The second-order valence-electron chi connectivity index (χ2n) is 7.40. The maximum absolute atomic E-state index is 13.1. The molecule has 10 heteroatoms. The first-order valence-electron chi connectivity index (χ1n) is 10.2. The number of hydrogen-bond donors (Lipinski definition) is 0. The molecule has 0 amide bonds. The fourth-order valence-electron chi connectivity index (χ4n) is 3.69. The molecule has 1 aromatic carbocycles. The Bertz CT molecular complexity index is 1510. The zero-order chi connectivity index (χ0) is 21.5. The van der Waals surface area contributed by atoms with Gasteiger partial charge in [0.2, 0.25) is 0 Å². The Morgan fingerprint density at radius 3 is 2.81 bits per heavy atom. The van der Waals surface area contributed by atoms with Crippen molar-refractivity contribution in [1.29, 1.82) is 0 Å². The van der Waals surface area contributed by atoms with Crippen LogP contribution in [0.25, 0.3) is 28.2 Å². The first-order valence-corrected chi connectivity index (χ1v) is 10.2. The van der Waals surface area contributed by atoms with Gasteiger partial charge in [0.05, 0.1) is 19.8 Å². The third kappa shape index (κ3) is 3.13. The van der Waals surface area contributed by atoms with Gasteiger partial charge in [-0.25, -0.2) is 0 Å². The molecule has 0 unspecified atom stereocenters. The highest BCUT2D eigenvalue weighted by atomic mass is 16.5. The lowest BCUT2D eigenvalue weighted by atomic mass is 10.2. The third-order valence-electron chi connectivity index (χ3n) is 5.26. The molecule has 0 saturated heterocycles. The van der Waals surface area contributed by atoms with Gasteiger partial charge in [-0.3, -0.25) is 9.78 Å². The van der Waals surface area contributed by atoms with Gasteiger partial charge in [0.25, 0.3) is 11.3 Å². The summed E-state index contributed by atoms with van der Waals surface area (Å²) in [6.45, 7) is 1.61. The molecular formula is C22H17N7O3. The summed E-state index contributed by atoms with van der Waals surface area (Å²) in [5.41, 5.74) is 2.18. The molecular weight excluding hydrogens is 410 g/mol. The zero-order valence-corrected chi connectivity index (χ0v) is 16.9. The molecule has 32 heavy (non-hydrogen) atoms. The normalized spacial score (nSPS) is 13.4. The summed E-state index contributed by atoms with van der Waals surface area (Å²) in [5, 5.41) is 12.7. The van der Waals surface area contributed by atoms with E-state index in [0.29, 0.717) is 42.6 Å². The molecule has 1 aliphatic rings. The fourth-order valence-corrected chi connectivity index (χ4v) is 3.69. The predicted octanol–water partition coefficient (Wildman–Crippen LogP) is 2.11. The van der Waals surface area contributed by atoms with Gasteiger partial charge in [-0.2, -0.15) is 9.50 Å². The second-order valence-corrected chi connectivity index (χ2v) is 7.40. The van der Waals surface area contributed by atoms with Crippen LogP contribution in [-0.4, -0.2) is 47.6 Å². The van der Waals surface area contributed by atoms with Crippen molar-refractivity contribution < 1.29 is 9.47 Å². The summed E-state index contributed by atoms with van der Waals surface area (Å²) in [4.78, 5) is 21.6. The second kappa shape index (κ2) is 7.41. The number of pyridine rings is 2. The summed E-state index contributed by atoms with van der Waals surface area (Å²) in [6.07, 6.45) is 5.92. The molecule has 6 rings (SSSR count). The van der Waals surface area contributed by atoms with Crippen molar-refractivity contribution in [1.82, 2.24) is 34.3 Å². The van der Waals surface area contributed by atoms with Gasteiger partial charge < -0.3 is 14.0 Å². The lowest BCUT2D eigenvalue weighted by molar-refractivity contribution is 0.297. The molecule has 1 aliphatic heterocycles. The minimum Gasteiger partial charge on any atom is -0.490 e. The molecule has 0 spiro atoms. The lowest BCUT2D eigenvalue weighted by Gasteiger charge is -2.11. The van der Waals surface area contributed by atoms with Crippen molar-refractivity contribution in [2.75, 3.05) is 13.2 Å². The van der Waals surface area contributed by atoms with Crippen molar-refractivity contribution in [3.63, 3.8) is 0 Å². The summed E-state index contributed by atoms with van der Waals surface area (Å²) in [6, 6.07) is 11.2. The molecule has 10 nitrogen and oxygen atoms in total. The predicted molar refractivity (Wildman–Crippen MR) is 115 cm³/mol. The number of aromatic nitrogens is 7. The number of fused-ring (bicyclic) bond motifs is 4. The first kappa shape index (κ1) is 18.4. The Labute approximate surface area is 181 Å². The van der Waals surface area contributed by atoms with Crippen LogP contribution >= 0.6 is 0 Å². The van der Waals surface area contributed by atoms with Gasteiger partial charge >= 0.3 is 0 Å². The zero-order valence-electron chi connectivity index (χ0n) is 16.9. The maximum atomic E-state index is 13.1. The van der Waals surface area contributed by atoms with Crippen molar-refractivity contribution in [2.45, 2.75) is 13.0 Å². The number of nitrogens with zero attached hydrogens (tertiary/aromatic N) is 7. The minimum atomic E-state index is -0.262. The number of rotatable bonds is 3. The molecule has 5 aromatic rings. The summed E-state index contributed by atoms with van der Waals surface area (Å²) in [5.74, 6) is 2.20. The van der Waals surface area contributed by atoms with Crippen LogP contribution in [0.3, 0.4) is 0 Å². The van der Waals surface area contributed by atoms with Crippen LogP contribution in [0.2, 0.25) is 0 Å². The van der Waals surface area contributed by atoms with Gasteiger partial charge in [0.1, 0.15) is 5.52 Å². The molecule has 0 N–H and O–H groups in total. The van der Waals surface area contributed by atoms with E-state index in [0.717, 1.165) is 23.3 Å². The number of ether oxygens (including phenoxy) is 2. The van der Waals surface area contributed by atoms with Crippen molar-refractivity contribution >= 4 is 16.8 Å². The van der Waals surface area contributed by atoms with Gasteiger partial charge in [-0.1, -0.05) is 6.07 Å². The molecule has 0 aliphatic carbocycles. The quantitative estimate of drug-likeness (QED) is 0.431. The van der Waals surface area contributed by atoms with Gasteiger partial charge in [0, 0.05) is 30.6 Å². The Kier molecular flexibility index (Phi) is 4.27. The van der Waals surface area contributed by atoms with Crippen molar-refractivity contribution in [3.05, 3.63) is 70.9 Å². The Morgan fingerprint density at radius 1 is 1.03 bits per heavy atom. The first-order chi connectivity index (χ1) is 15.8. The standard InChI is InChI=1S/C22H17N7O3/c30-21-19-16(29-22(26-25-19)24-20(27-29)15-3-1-7-23-12-15)6-8-28(21)13-14-4-5-17-18(11-14)32-10-2-9-31-17/h1,3-8,11-12H,2,9-10,13H2. The van der Waals surface area contributed by atoms with Crippen molar-refractivity contribution in [2.24, 2.45) is 0 Å². The fraction of sp³-hybridized carbons (Fsp3) is 0.182. The van der Waals surface area contributed by atoms with E-state index in [4.69, 9.17) is 9.47 Å². The van der Waals surface area contributed by atoms with Crippen LogP contribution < -0.4 is 15.0 Å². The lowest BCUT2D eigenvalue weighted by Crippen LogP contribution is -2.22. The Hall–Kier alpha value is -4.34. The van der Waals surface area contributed by atoms with Crippen LogP contribution in [0.1, 0.15) is 12.0 Å². The van der Waals surface area contributed by atoms with Crippen LogP contribution in [-0.2, 0) is 6.54 Å². The summed E-state index contributed by atoms with van der Waals surface area (Å²) in [7, 11) is 0. The van der Waals surface area contributed by atoms with E-state index >= 15 is 0 Å². The molecule has 4 aromatic heterocycles. The topological polar surface area (TPSA) is 109 Å². The number of benzene rings is 1. The molecule has 0 radical (unpaired) electrons. The molecule has 158 valence electrons. The highest BCUT2D eigenvalue weighted by molar-refractivity contribution is 5.75. The van der Waals surface area contributed by atoms with E-state index in [1.165, 1.54) is 4.52 Å². The SMILES string of the molecule is O=c1c2nnc3nc(-c4cccnc4)nn3c2ccn1Cc1ccc2c(c1)OCCCO2. The molecule has 0 atom stereocenters. The molecule has 0 fully saturated rings. The largest absolute Gasteiger partial charge is 0.490 e. The van der Waals surface area contributed by atoms with E-state index in [2.05, 4.69) is 25.3 Å². The monoisotopic (exact) mass is 427 g/mol. The highest BCUT2D eigenvalue weighted by Gasteiger charge is 2.15. The third-order valence-corrected chi connectivity index (χ3v) is 5.26. The van der Waals surface area contributed by atoms with Crippen LogP contribution in [0.15, 0.2) is 59.8 Å². The molecule has 5 heterocycles. The van der Waals surface area contributed by atoms with E-state index in [-0.39, 0.29) is 11.1 Å². The van der Waals surface area contributed by atoms with Gasteiger partial charge in [-0.15, -0.1) is 15.3 Å². The maximum Gasteiger partial charge on any atom is 0.280 e. The van der Waals surface area contributed by atoms with Crippen LogP contribution in [0.4, 0.5) is 0 Å². The molecule has 0 bridgehead atoms. The van der Waals surface area contributed by atoms with E-state index < -0.39 is 0 Å². The van der Waals surface area contributed by atoms with Crippen LogP contribution in [0, 0.1) is 0 Å². The average Bonchev–Trinajstić information content (AvgIpc) is 3.14. The highest BCUT2D eigenvalue weighted by Crippen LogP contribution is 2.30. The summed E-state index contributed by atoms with van der Waals surface area (Å²) >= 11 is 0. The van der Waals surface area contributed by atoms with Crippen LogP contribution in [0.5, 0.6) is 11.5 Å². The Morgan fingerprint density at radius 2 is 1.94 bits per heavy atom. The van der Waals surface area contributed by atoms with E-state index in [1.54, 1.807) is 29.2 Å². The van der Waals surface area contributed by atoms with E-state index in [1.807, 2.05) is 30.3 Å². The van der Waals surface area contributed by atoms with Crippen molar-refractivity contribution in [3.8, 4) is 22.9 Å². The molecule has 0 saturated carbocycles. The minimum absolute atomic E-state index is 0.219. The Balaban J connectivity index is 1.39. The van der Waals surface area contributed by atoms with Gasteiger partial charge in [-0.05, 0) is 35.9 Å². The van der Waals surface area contributed by atoms with E-state index in [9.17, 15) is 4.79 Å². The van der Waals surface area contributed by atoms with Gasteiger partial charge in [0.15, 0.2) is 22.8 Å². The smallest absolute Gasteiger partial charge is 0.280 e.